The van der Waals surface area contributed by atoms with Gasteiger partial charge in [-0.05, 0) is 44.1 Å². The molecule has 1 N–H and O–H groups in total. The predicted octanol–water partition coefficient (Wildman–Crippen LogP) is 2.67. The maximum absolute atomic E-state index is 3.42. The molecule has 12 heavy (non-hydrogen) atoms. The van der Waals surface area contributed by atoms with Crippen LogP contribution in [-0.2, 0) is 0 Å². The maximum Gasteiger partial charge on any atom is 0.00897 e. The summed E-state index contributed by atoms with van der Waals surface area (Å²) in [6.45, 7) is 7.05. The lowest BCUT2D eigenvalue weighted by atomic mass is 9.67. The molecule has 0 spiro atoms. The SMILES string of the molecule is CCC(NC)C(C)C1CC(C)C1. The summed E-state index contributed by atoms with van der Waals surface area (Å²) in [4.78, 5) is 0. The molecule has 0 aliphatic heterocycles. The Kier molecular flexibility index (Phi) is 3.57. The standard InChI is InChI=1S/C11H23N/c1-5-11(12-4)9(3)10-6-8(2)7-10/h8-12H,5-7H2,1-4H3. The smallest absolute Gasteiger partial charge is 0.00897 e. The molecule has 72 valence electrons. The second-order valence-corrected chi connectivity index (χ2v) is 4.50. The Morgan fingerprint density at radius 1 is 1.42 bits per heavy atom. The van der Waals surface area contributed by atoms with Crippen LogP contribution >= 0.6 is 0 Å². The van der Waals surface area contributed by atoms with Gasteiger partial charge in [0.25, 0.3) is 0 Å². The Bertz CT molecular complexity index is 123. The van der Waals surface area contributed by atoms with Crippen LogP contribution in [0.25, 0.3) is 0 Å². The van der Waals surface area contributed by atoms with Crippen LogP contribution in [0.5, 0.6) is 0 Å². The van der Waals surface area contributed by atoms with E-state index in [4.69, 9.17) is 0 Å². The van der Waals surface area contributed by atoms with Crippen LogP contribution in [0.4, 0.5) is 0 Å². The predicted molar refractivity (Wildman–Crippen MR) is 54.2 cm³/mol. The fourth-order valence-corrected chi connectivity index (χ4v) is 2.56. The summed E-state index contributed by atoms with van der Waals surface area (Å²) in [5.41, 5.74) is 0. The molecule has 0 aromatic rings. The second-order valence-electron chi connectivity index (χ2n) is 4.50. The van der Waals surface area contributed by atoms with Crippen LogP contribution in [0.15, 0.2) is 0 Å². The van der Waals surface area contributed by atoms with Crippen LogP contribution in [0.2, 0.25) is 0 Å². The second kappa shape index (κ2) is 4.27. The van der Waals surface area contributed by atoms with Gasteiger partial charge in [0, 0.05) is 6.04 Å². The number of rotatable bonds is 4. The van der Waals surface area contributed by atoms with E-state index in [1.54, 1.807) is 0 Å². The van der Waals surface area contributed by atoms with Crippen molar-refractivity contribution in [3.05, 3.63) is 0 Å². The largest absolute Gasteiger partial charge is 0.317 e. The number of nitrogens with one attached hydrogen (secondary N) is 1. The van der Waals surface area contributed by atoms with Crippen LogP contribution in [0, 0.1) is 17.8 Å². The Morgan fingerprint density at radius 3 is 2.33 bits per heavy atom. The zero-order chi connectivity index (χ0) is 9.14. The number of hydrogen-bond acceptors (Lipinski definition) is 1. The van der Waals surface area contributed by atoms with Crippen molar-refractivity contribution < 1.29 is 0 Å². The molecule has 1 saturated carbocycles. The molecule has 0 saturated heterocycles. The minimum Gasteiger partial charge on any atom is -0.317 e. The zero-order valence-corrected chi connectivity index (χ0v) is 8.93. The molecular formula is C11H23N. The summed E-state index contributed by atoms with van der Waals surface area (Å²) in [5, 5.41) is 3.42. The number of hydrogen-bond donors (Lipinski definition) is 1. The normalized spacial score (nSPS) is 34.0. The van der Waals surface area contributed by atoms with Gasteiger partial charge in [0.15, 0.2) is 0 Å². The molecule has 1 aliphatic carbocycles. The molecule has 2 unspecified atom stereocenters. The first-order chi connectivity index (χ1) is 5.69. The Hall–Kier alpha value is -0.0400. The lowest BCUT2D eigenvalue weighted by Gasteiger charge is -2.40. The van der Waals surface area contributed by atoms with Gasteiger partial charge in [0.2, 0.25) is 0 Å². The van der Waals surface area contributed by atoms with Gasteiger partial charge in [-0.1, -0.05) is 20.8 Å². The van der Waals surface area contributed by atoms with E-state index in [-0.39, 0.29) is 0 Å². The van der Waals surface area contributed by atoms with Gasteiger partial charge in [-0.2, -0.15) is 0 Å². The third-order valence-corrected chi connectivity index (χ3v) is 3.60. The molecule has 1 heteroatoms. The fraction of sp³-hybridized carbons (Fsp3) is 1.00. The third-order valence-electron chi connectivity index (χ3n) is 3.60. The van der Waals surface area contributed by atoms with Crippen molar-refractivity contribution in [2.45, 2.75) is 46.1 Å². The minimum absolute atomic E-state index is 0.738. The molecule has 0 amide bonds. The van der Waals surface area contributed by atoms with E-state index in [1.807, 2.05) is 0 Å². The molecule has 1 rings (SSSR count). The van der Waals surface area contributed by atoms with Crippen molar-refractivity contribution in [2.75, 3.05) is 7.05 Å². The van der Waals surface area contributed by atoms with Crippen LogP contribution in [-0.4, -0.2) is 13.1 Å². The lowest BCUT2D eigenvalue weighted by molar-refractivity contribution is 0.119. The van der Waals surface area contributed by atoms with Gasteiger partial charge >= 0.3 is 0 Å². The van der Waals surface area contributed by atoms with Crippen molar-refractivity contribution >= 4 is 0 Å². The summed E-state index contributed by atoms with van der Waals surface area (Å²) < 4.78 is 0. The van der Waals surface area contributed by atoms with E-state index in [9.17, 15) is 0 Å². The van der Waals surface area contributed by atoms with Gasteiger partial charge < -0.3 is 5.32 Å². The molecule has 0 aromatic heterocycles. The molecule has 2 atom stereocenters. The van der Waals surface area contributed by atoms with E-state index in [0.29, 0.717) is 0 Å². The van der Waals surface area contributed by atoms with E-state index >= 15 is 0 Å². The topological polar surface area (TPSA) is 12.0 Å². The average molecular weight is 169 g/mol. The highest BCUT2D eigenvalue weighted by molar-refractivity contribution is 4.85. The van der Waals surface area contributed by atoms with E-state index in [0.717, 1.165) is 23.8 Å². The molecule has 1 fully saturated rings. The summed E-state index contributed by atoms with van der Waals surface area (Å²) in [5.74, 6) is 2.86. The Balaban J connectivity index is 2.30. The van der Waals surface area contributed by atoms with Crippen molar-refractivity contribution in [1.29, 1.82) is 0 Å². The highest BCUT2D eigenvalue weighted by atomic mass is 14.9. The van der Waals surface area contributed by atoms with E-state index in [1.165, 1.54) is 19.3 Å². The lowest BCUT2D eigenvalue weighted by Crippen LogP contribution is -2.40. The Morgan fingerprint density at radius 2 is 2.00 bits per heavy atom. The highest BCUT2D eigenvalue weighted by Gasteiger charge is 2.32. The zero-order valence-electron chi connectivity index (χ0n) is 8.93. The quantitative estimate of drug-likeness (QED) is 0.682. The van der Waals surface area contributed by atoms with E-state index < -0.39 is 0 Å². The summed E-state index contributed by atoms with van der Waals surface area (Å²) in [6, 6.07) is 0.738. The maximum atomic E-state index is 3.42. The summed E-state index contributed by atoms with van der Waals surface area (Å²) >= 11 is 0. The third kappa shape index (κ3) is 2.01. The average Bonchev–Trinajstić information content (AvgIpc) is 2.01. The van der Waals surface area contributed by atoms with E-state index in [2.05, 4.69) is 33.1 Å². The summed E-state index contributed by atoms with van der Waals surface area (Å²) in [7, 11) is 2.09. The first-order valence-corrected chi connectivity index (χ1v) is 5.36. The molecule has 1 aliphatic rings. The molecule has 0 radical (unpaired) electrons. The first kappa shape index (κ1) is 10.0. The molecular weight excluding hydrogens is 146 g/mol. The highest BCUT2D eigenvalue weighted by Crippen LogP contribution is 2.39. The van der Waals surface area contributed by atoms with Crippen molar-refractivity contribution in [3.8, 4) is 0 Å². The molecule has 0 heterocycles. The van der Waals surface area contributed by atoms with Crippen molar-refractivity contribution in [3.63, 3.8) is 0 Å². The molecule has 0 bridgehead atoms. The molecule has 0 aromatic carbocycles. The van der Waals surface area contributed by atoms with Gasteiger partial charge in [-0.15, -0.1) is 0 Å². The van der Waals surface area contributed by atoms with Gasteiger partial charge in [0.05, 0.1) is 0 Å². The molecule has 1 nitrogen and oxygen atoms in total. The van der Waals surface area contributed by atoms with Crippen LogP contribution in [0.3, 0.4) is 0 Å². The van der Waals surface area contributed by atoms with Gasteiger partial charge in [-0.25, -0.2) is 0 Å². The minimum atomic E-state index is 0.738. The van der Waals surface area contributed by atoms with Crippen LogP contribution in [0.1, 0.15) is 40.0 Å². The van der Waals surface area contributed by atoms with Crippen molar-refractivity contribution in [1.82, 2.24) is 5.32 Å². The van der Waals surface area contributed by atoms with Gasteiger partial charge in [-0.3, -0.25) is 0 Å². The fourth-order valence-electron chi connectivity index (χ4n) is 2.56. The van der Waals surface area contributed by atoms with Crippen molar-refractivity contribution in [2.24, 2.45) is 17.8 Å². The summed E-state index contributed by atoms with van der Waals surface area (Å²) in [6.07, 6.45) is 4.18. The monoisotopic (exact) mass is 169 g/mol. The van der Waals surface area contributed by atoms with Crippen LogP contribution < -0.4 is 5.32 Å². The van der Waals surface area contributed by atoms with Gasteiger partial charge in [0.1, 0.15) is 0 Å². The Labute approximate surface area is 76.9 Å². The first-order valence-electron chi connectivity index (χ1n) is 5.36.